The first kappa shape index (κ1) is 12.3. The van der Waals surface area contributed by atoms with Gasteiger partial charge in [-0.1, -0.05) is 6.92 Å². The van der Waals surface area contributed by atoms with Crippen LogP contribution in [0.1, 0.15) is 12.5 Å². The van der Waals surface area contributed by atoms with Gasteiger partial charge in [0.15, 0.2) is 0 Å². The minimum atomic E-state index is 0.387. The number of aryl methyl sites for hydroxylation is 1. The number of morpholine rings is 1. The Morgan fingerprint density at radius 1 is 1.59 bits per heavy atom. The molecule has 1 atom stereocenters. The highest BCUT2D eigenvalue weighted by Gasteiger charge is 2.23. The van der Waals surface area contributed by atoms with Crippen molar-refractivity contribution in [1.82, 2.24) is 10.3 Å². The highest BCUT2D eigenvalue weighted by atomic mass is 16.5. The molecule has 4 nitrogen and oxygen atoms in total. The van der Waals surface area contributed by atoms with Crippen molar-refractivity contribution in [3.63, 3.8) is 0 Å². The Labute approximate surface area is 103 Å². The summed E-state index contributed by atoms with van der Waals surface area (Å²) in [6.45, 7) is 8.66. The van der Waals surface area contributed by atoms with E-state index in [-0.39, 0.29) is 0 Å². The van der Waals surface area contributed by atoms with Gasteiger partial charge in [-0.2, -0.15) is 0 Å². The largest absolute Gasteiger partial charge is 0.377 e. The van der Waals surface area contributed by atoms with Gasteiger partial charge in [0.25, 0.3) is 0 Å². The van der Waals surface area contributed by atoms with Crippen LogP contribution < -0.4 is 10.2 Å². The summed E-state index contributed by atoms with van der Waals surface area (Å²) in [4.78, 5) is 6.81. The Bertz CT molecular complexity index is 356. The molecule has 0 saturated carbocycles. The standard InChI is InChI=1S/C13H21N3O/c1-3-14-9-12-10-17-7-6-16(12)13-8-11(2)4-5-15-13/h4-5,8,12,14H,3,6-7,9-10H2,1-2H3. The lowest BCUT2D eigenvalue weighted by Gasteiger charge is -2.36. The van der Waals surface area contributed by atoms with Crippen LogP contribution in [-0.4, -0.2) is 43.9 Å². The molecule has 0 aliphatic carbocycles. The first-order valence-corrected chi connectivity index (χ1v) is 6.29. The van der Waals surface area contributed by atoms with Crippen molar-refractivity contribution in [3.05, 3.63) is 23.9 Å². The van der Waals surface area contributed by atoms with E-state index in [0.29, 0.717) is 6.04 Å². The first-order valence-electron chi connectivity index (χ1n) is 6.29. The lowest BCUT2D eigenvalue weighted by Crippen LogP contribution is -2.50. The van der Waals surface area contributed by atoms with Gasteiger partial charge in [0.1, 0.15) is 5.82 Å². The molecule has 0 amide bonds. The van der Waals surface area contributed by atoms with Crippen molar-refractivity contribution in [2.75, 3.05) is 37.7 Å². The number of nitrogens with one attached hydrogen (secondary N) is 1. The molecule has 1 fully saturated rings. The Morgan fingerprint density at radius 3 is 3.24 bits per heavy atom. The number of pyridine rings is 1. The Morgan fingerprint density at radius 2 is 2.47 bits per heavy atom. The van der Waals surface area contributed by atoms with Crippen LogP contribution in [0.3, 0.4) is 0 Å². The van der Waals surface area contributed by atoms with E-state index >= 15 is 0 Å². The van der Waals surface area contributed by atoms with Crippen molar-refractivity contribution in [1.29, 1.82) is 0 Å². The Balaban J connectivity index is 2.10. The predicted octanol–water partition coefficient (Wildman–Crippen LogP) is 1.20. The normalized spacial score (nSPS) is 20.6. The van der Waals surface area contributed by atoms with E-state index in [1.807, 2.05) is 12.3 Å². The summed E-state index contributed by atoms with van der Waals surface area (Å²) in [6.07, 6.45) is 1.88. The van der Waals surface area contributed by atoms with Crippen LogP contribution in [0.2, 0.25) is 0 Å². The van der Waals surface area contributed by atoms with Gasteiger partial charge in [0.2, 0.25) is 0 Å². The van der Waals surface area contributed by atoms with Crippen LogP contribution in [0.25, 0.3) is 0 Å². The lowest BCUT2D eigenvalue weighted by molar-refractivity contribution is 0.0935. The van der Waals surface area contributed by atoms with E-state index in [9.17, 15) is 0 Å². The second-order valence-corrected chi connectivity index (χ2v) is 4.42. The topological polar surface area (TPSA) is 37.4 Å². The number of nitrogens with zero attached hydrogens (tertiary/aromatic N) is 2. The van der Waals surface area contributed by atoms with Gasteiger partial charge in [-0.05, 0) is 31.2 Å². The smallest absolute Gasteiger partial charge is 0.129 e. The summed E-state index contributed by atoms with van der Waals surface area (Å²) in [5.74, 6) is 1.07. The number of rotatable bonds is 4. The molecule has 1 unspecified atom stereocenters. The summed E-state index contributed by atoms with van der Waals surface area (Å²) < 4.78 is 5.55. The molecule has 2 heterocycles. The fourth-order valence-electron chi connectivity index (χ4n) is 2.11. The number of ether oxygens (including phenoxy) is 1. The molecule has 1 aromatic rings. The number of hydrogen-bond acceptors (Lipinski definition) is 4. The van der Waals surface area contributed by atoms with Crippen molar-refractivity contribution < 1.29 is 4.74 Å². The highest BCUT2D eigenvalue weighted by molar-refractivity contribution is 5.42. The number of likely N-dealkylation sites (N-methyl/N-ethyl adjacent to an activating group) is 1. The molecule has 1 aliphatic heterocycles. The highest BCUT2D eigenvalue weighted by Crippen LogP contribution is 2.17. The second kappa shape index (κ2) is 5.98. The average Bonchev–Trinajstić information content (AvgIpc) is 2.37. The maximum atomic E-state index is 5.55. The van der Waals surface area contributed by atoms with E-state index in [1.165, 1.54) is 5.56 Å². The molecule has 0 spiro atoms. The third-order valence-corrected chi connectivity index (χ3v) is 3.05. The van der Waals surface area contributed by atoms with Crippen molar-refractivity contribution in [2.45, 2.75) is 19.9 Å². The van der Waals surface area contributed by atoms with Crippen molar-refractivity contribution in [2.24, 2.45) is 0 Å². The third-order valence-electron chi connectivity index (χ3n) is 3.05. The SMILES string of the molecule is CCNCC1COCCN1c1cc(C)ccn1. The zero-order chi connectivity index (χ0) is 12.1. The maximum Gasteiger partial charge on any atom is 0.129 e. The Hall–Kier alpha value is -1.13. The van der Waals surface area contributed by atoms with Gasteiger partial charge < -0.3 is 15.0 Å². The summed E-state index contributed by atoms with van der Waals surface area (Å²) in [6, 6.07) is 4.56. The number of anilines is 1. The van der Waals surface area contributed by atoms with E-state index in [1.54, 1.807) is 0 Å². The van der Waals surface area contributed by atoms with Crippen molar-refractivity contribution in [3.8, 4) is 0 Å². The molecule has 1 N–H and O–H groups in total. The number of aromatic nitrogens is 1. The zero-order valence-electron chi connectivity index (χ0n) is 10.6. The third kappa shape index (κ3) is 3.17. The minimum absolute atomic E-state index is 0.387. The van der Waals surface area contributed by atoms with Gasteiger partial charge in [0, 0.05) is 19.3 Å². The van der Waals surface area contributed by atoms with Crippen molar-refractivity contribution >= 4 is 5.82 Å². The van der Waals surface area contributed by atoms with Crippen LogP contribution in [0.5, 0.6) is 0 Å². The molecule has 0 bridgehead atoms. The summed E-state index contributed by atoms with van der Waals surface area (Å²) in [7, 11) is 0. The van der Waals surface area contributed by atoms with E-state index in [2.05, 4.69) is 35.1 Å². The zero-order valence-corrected chi connectivity index (χ0v) is 10.6. The van der Waals surface area contributed by atoms with Gasteiger partial charge in [-0.25, -0.2) is 4.98 Å². The molecule has 1 saturated heterocycles. The second-order valence-electron chi connectivity index (χ2n) is 4.42. The monoisotopic (exact) mass is 235 g/mol. The predicted molar refractivity (Wildman–Crippen MR) is 69.5 cm³/mol. The molecule has 94 valence electrons. The van der Waals surface area contributed by atoms with Gasteiger partial charge in [-0.3, -0.25) is 0 Å². The molecule has 4 heteroatoms. The van der Waals surface area contributed by atoms with E-state index in [0.717, 1.165) is 38.7 Å². The van der Waals surface area contributed by atoms with Crippen LogP contribution in [0.15, 0.2) is 18.3 Å². The molecule has 0 aromatic carbocycles. The Kier molecular flexibility index (Phi) is 4.34. The fourth-order valence-corrected chi connectivity index (χ4v) is 2.11. The lowest BCUT2D eigenvalue weighted by atomic mass is 10.2. The maximum absolute atomic E-state index is 5.55. The minimum Gasteiger partial charge on any atom is -0.377 e. The van der Waals surface area contributed by atoms with E-state index in [4.69, 9.17) is 4.74 Å². The van der Waals surface area contributed by atoms with Gasteiger partial charge in [0.05, 0.1) is 19.3 Å². The van der Waals surface area contributed by atoms with Crippen LogP contribution >= 0.6 is 0 Å². The summed E-state index contributed by atoms with van der Waals surface area (Å²) >= 11 is 0. The average molecular weight is 235 g/mol. The quantitative estimate of drug-likeness (QED) is 0.851. The molecular formula is C13H21N3O. The van der Waals surface area contributed by atoms with Crippen LogP contribution in [-0.2, 0) is 4.74 Å². The summed E-state index contributed by atoms with van der Waals surface area (Å²) in [5.41, 5.74) is 1.25. The van der Waals surface area contributed by atoms with Gasteiger partial charge >= 0.3 is 0 Å². The molecule has 17 heavy (non-hydrogen) atoms. The fraction of sp³-hybridized carbons (Fsp3) is 0.615. The first-order chi connectivity index (χ1) is 8.31. The van der Waals surface area contributed by atoms with E-state index < -0.39 is 0 Å². The van der Waals surface area contributed by atoms with Crippen LogP contribution in [0, 0.1) is 6.92 Å². The molecule has 2 rings (SSSR count). The number of hydrogen-bond donors (Lipinski definition) is 1. The molecule has 1 aromatic heterocycles. The van der Waals surface area contributed by atoms with Crippen LogP contribution in [0.4, 0.5) is 5.82 Å². The van der Waals surface area contributed by atoms with Gasteiger partial charge in [-0.15, -0.1) is 0 Å². The summed E-state index contributed by atoms with van der Waals surface area (Å²) in [5, 5.41) is 3.38. The molecule has 0 radical (unpaired) electrons. The molecular weight excluding hydrogens is 214 g/mol. The molecule has 1 aliphatic rings.